The molecule has 0 saturated carbocycles. The lowest BCUT2D eigenvalue weighted by Crippen LogP contribution is -1.95. The molecule has 1 nitrogen and oxygen atoms in total. The zero-order valence-corrected chi connectivity index (χ0v) is 13.1. The van der Waals surface area contributed by atoms with Crippen LogP contribution < -0.4 is 4.74 Å². The maximum absolute atomic E-state index is 13.5. The van der Waals surface area contributed by atoms with Gasteiger partial charge in [0.05, 0.1) is 22.0 Å². The Hall–Kier alpha value is -0.770. The monoisotopic (exact) mass is 362 g/mol. The molecule has 0 spiro atoms. The van der Waals surface area contributed by atoms with Crippen molar-refractivity contribution < 1.29 is 9.13 Å². The normalized spacial score (nSPS) is 12.3. The second-order valence-electron chi connectivity index (χ2n) is 3.93. The molecule has 0 aromatic heterocycles. The molecule has 2 aromatic rings. The molecule has 0 heterocycles. The van der Waals surface area contributed by atoms with Gasteiger partial charge in [-0.15, -0.1) is 11.6 Å². The van der Waals surface area contributed by atoms with Gasteiger partial charge in [-0.25, -0.2) is 4.39 Å². The van der Waals surface area contributed by atoms with Gasteiger partial charge in [0.1, 0.15) is 11.6 Å². The lowest BCUT2D eigenvalue weighted by molar-refractivity contribution is 0.415. The minimum absolute atomic E-state index is 0.345. The number of halogens is 4. The van der Waals surface area contributed by atoms with Crippen molar-refractivity contribution in [3.05, 3.63) is 62.8 Å². The van der Waals surface area contributed by atoms with E-state index in [4.69, 9.17) is 27.9 Å². The van der Waals surface area contributed by atoms with Crippen LogP contribution in [0.15, 0.2) is 40.9 Å². The molecule has 5 heteroatoms. The Morgan fingerprint density at radius 3 is 2.37 bits per heavy atom. The Morgan fingerprint density at radius 2 is 1.79 bits per heavy atom. The fourth-order valence-corrected chi connectivity index (χ4v) is 2.49. The van der Waals surface area contributed by atoms with Gasteiger partial charge in [-0.1, -0.05) is 23.7 Å². The maximum atomic E-state index is 13.5. The van der Waals surface area contributed by atoms with Crippen molar-refractivity contribution >= 4 is 39.1 Å². The molecular formula is C14H10BrCl2FO. The van der Waals surface area contributed by atoms with Crippen LogP contribution in [0.25, 0.3) is 0 Å². The molecule has 0 N–H and O–H groups in total. The van der Waals surface area contributed by atoms with Crippen LogP contribution in [0.5, 0.6) is 5.75 Å². The third kappa shape index (κ3) is 3.22. The van der Waals surface area contributed by atoms with Crippen LogP contribution in [0.4, 0.5) is 4.39 Å². The van der Waals surface area contributed by atoms with Crippen molar-refractivity contribution in [3.63, 3.8) is 0 Å². The van der Waals surface area contributed by atoms with Crippen LogP contribution in [0.3, 0.4) is 0 Å². The number of ether oxygens (including phenoxy) is 1. The summed E-state index contributed by atoms with van der Waals surface area (Å²) in [5.74, 6) is 0.235. The van der Waals surface area contributed by atoms with Crippen molar-refractivity contribution in [2.45, 2.75) is 5.38 Å². The van der Waals surface area contributed by atoms with Gasteiger partial charge >= 0.3 is 0 Å². The van der Waals surface area contributed by atoms with Crippen LogP contribution in [-0.4, -0.2) is 7.11 Å². The summed E-state index contributed by atoms with van der Waals surface area (Å²) >= 11 is 15.5. The van der Waals surface area contributed by atoms with Gasteiger partial charge in [-0.2, -0.15) is 0 Å². The van der Waals surface area contributed by atoms with E-state index >= 15 is 0 Å². The SMILES string of the molecule is COc1ccc(C(Cl)c2ccc(Br)c(F)c2)cc1Cl. The molecule has 0 aliphatic rings. The molecule has 0 saturated heterocycles. The number of hydrogen-bond donors (Lipinski definition) is 0. The summed E-state index contributed by atoms with van der Waals surface area (Å²) in [6, 6.07) is 10.1. The second kappa shape index (κ2) is 6.12. The minimum Gasteiger partial charge on any atom is -0.495 e. The van der Waals surface area contributed by atoms with E-state index in [1.165, 1.54) is 6.07 Å². The molecule has 19 heavy (non-hydrogen) atoms. The molecule has 0 aliphatic heterocycles. The Morgan fingerprint density at radius 1 is 1.16 bits per heavy atom. The van der Waals surface area contributed by atoms with E-state index in [0.29, 0.717) is 20.8 Å². The molecule has 2 aromatic carbocycles. The first-order valence-corrected chi connectivity index (χ1v) is 7.06. The number of methoxy groups -OCH3 is 1. The van der Waals surface area contributed by atoms with Crippen LogP contribution in [0, 0.1) is 5.82 Å². The summed E-state index contributed by atoms with van der Waals surface area (Å²) < 4.78 is 19.0. The highest BCUT2D eigenvalue weighted by atomic mass is 79.9. The molecule has 0 bridgehead atoms. The molecule has 0 amide bonds. The van der Waals surface area contributed by atoms with Crippen LogP contribution in [0.2, 0.25) is 5.02 Å². The van der Waals surface area contributed by atoms with Gasteiger partial charge in [-0.05, 0) is 51.3 Å². The molecule has 0 fully saturated rings. The minimum atomic E-state index is -0.467. The first kappa shape index (κ1) is 14.6. The van der Waals surface area contributed by atoms with E-state index in [1.807, 2.05) is 6.07 Å². The van der Waals surface area contributed by atoms with Gasteiger partial charge in [-0.3, -0.25) is 0 Å². The maximum Gasteiger partial charge on any atom is 0.137 e. The molecule has 1 atom stereocenters. The fraction of sp³-hybridized carbons (Fsp3) is 0.143. The van der Waals surface area contributed by atoms with E-state index in [2.05, 4.69) is 15.9 Å². The summed E-state index contributed by atoms with van der Waals surface area (Å²) in [5.41, 5.74) is 1.46. The van der Waals surface area contributed by atoms with E-state index in [-0.39, 0.29) is 5.82 Å². The molecule has 0 aliphatic carbocycles. The third-order valence-corrected chi connectivity index (χ3v) is 4.15. The number of benzene rings is 2. The van der Waals surface area contributed by atoms with Crippen LogP contribution >= 0.6 is 39.1 Å². The van der Waals surface area contributed by atoms with Gasteiger partial charge < -0.3 is 4.74 Å². The number of rotatable bonds is 3. The Balaban J connectivity index is 2.35. The van der Waals surface area contributed by atoms with Crippen molar-refractivity contribution in [1.82, 2.24) is 0 Å². The molecule has 2 rings (SSSR count). The number of hydrogen-bond acceptors (Lipinski definition) is 1. The fourth-order valence-electron chi connectivity index (χ4n) is 1.70. The lowest BCUT2D eigenvalue weighted by Gasteiger charge is -2.12. The second-order valence-corrected chi connectivity index (χ2v) is 5.63. The summed E-state index contributed by atoms with van der Waals surface area (Å²) in [6.07, 6.45) is 0. The summed E-state index contributed by atoms with van der Waals surface area (Å²) in [7, 11) is 1.54. The molecule has 100 valence electrons. The van der Waals surface area contributed by atoms with Gasteiger partial charge in [0.25, 0.3) is 0 Å². The highest BCUT2D eigenvalue weighted by Crippen LogP contribution is 2.34. The van der Waals surface area contributed by atoms with Crippen molar-refractivity contribution in [1.29, 1.82) is 0 Å². The van der Waals surface area contributed by atoms with Crippen molar-refractivity contribution in [2.75, 3.05) is 7.11 Å². The Labute approximate surface area is 129 Å². The molecular weight excluding hydrogens is 354 g/mol. The van der Waals surface area contributed by atoms with Crippen LogP contribution in [-0.2, 0) is 0 Å². The predicted octanol–water partition coefficient (Wildman–Crippen LogP) is 5.58. The first-order chi connectivity index (χ1) is 9.02. The van der Waals surface area contributed by atoms with Crippen LogP contribution in [0.1, 0.15) is 16.5 Å². The van der Waals surface area contributed by atoms with Gasteiger partial charge in [0, 0.05) is 0 Å². The first-order valence-electron chi connectivity index (χ1n) is 5.45. The largest absolute Gasteiger partial charge is 0.495 e. The highest BCUT2D eigenvalue weighted by Gasteiger charge is 2.14. The summed E-state index contributed by atoms with van der Waals surface area (Å²) in [6.45, 7) is 0. The average Bonchev–Trinajstić information content (AvgIpc) is 2.41. The Kier molecular flexibility index (Phi) is 4.71. The zero-order valence-electron chi connectivity index (χ0n) is 9.96. The van der Waals surface area contributed by atoms with E-state index in [0.717, 1.165) is 5.56 Å². The standard InChI is InChI=1S/C14H10BrCl2FO/c1-19-13-5-3-8(6-11(13)16)14(17)9-2-4-10(15)12(18)7-9/h2-7,14H,1H3. The smallest absolute Gasteiger partial charge is 0.137 e. The van der Waals surface area contributed by atoms with Gasteiger partial charge in [0.2, 0.25) is 0 Å². The van der Waals surface area contributed by atoms with E-state index < -0.39 is 5.38 Å². The Bertz CT molecular complexity index is 604. The zero-order chi connectivity index (χ0) is 14.0. The molecule has 0 radical (unpaired) electrons. The van der Waals surface area contributed by atoms with E-state index in [9.17, 15) is 4.39 Å². The van der Waals surface area contributed by atoms with E-state index in [1.54, 1.807) is 31.4 Å². The lowest BCUT2D eigenvalue weighted by atomic mass is 10.0. The average molecular weight is 364 g/mol. The predicted molar refractivity (Wildman–Crippen MR) is 79.8 cm³/mol. The third-order valence-electron chi connectivity index (χ3n) is 2.70. The highest BCUT2D eigenvalue weighted by molar-refractivity contribution is 9.10. The van der Waals surface area contributed by atoms with Crippen molar-refractivity contribution in [3.8, 4) is 5.75 Å². The van der Waals surface area contributed by atoms with Gasteiger partial charge in [0.15, 0.2) is 0 Å². The quantitative estimate of drug-likeness (QED) is 0.647. The number of alkyl halides is 1. The summed E-state index contributed by atoms with van der Waals surface area (Å²) in [4.78, 5) is 0. The molecule has 1 unspecified atom stereocenters. The van der Waals surface area contributed by atoms with Crippen molar-refractivity contribution in [2.24, 2.45) is 0 Å². The summed E-state index contributed by atoms with van der Waals surface area (Å²) in [5, 5.41) is 0.00856. The topological polar surface area (TPSA) is 9.23 Å².